The molecule has 0 saturated carbocycles. The first kappa shape index (κ1) is 17.4. The minimum Gasteiger partial charge on any atom is -0.355 e. The van der Waals surface area contributed by atoms with Gasteiger partial charge < -0.3 is 10.2 Å². The lowest BCUT2D eigenvalue weighted by Crippen LogP contribution is -2.51. The van der Waals surface area contributed by atoms with Crippen LogP contribution in [0, 0.1) is 0 Å². The first-order valence-electron chi connectivity index (χ1n) is 8.94. The largest absolute Gasteiger partial charge is 0.355 e. The van der Waals surface area contributed by atoms with E-state index in [9.17, 15) is 9.59 Å². The Morgan fingerprint density at radius 2 is 1.72 bits per heavy atom. The summed E-state index contributed by atoms with van der Waals surface area (Å²) in [6, 6.07) is 13.9. The molecule has 5 heteroatoms. The van der Waals surface area contributed by atoms with Gasteiger partial charge in [0.25, 0.3) is 5.91 Å². The maximum atomic E-state index is 12.7. The lowest BCUT2D eigenvalue weighted by Gasteiger charge is -2.34. The summed E-state index contributed by atoms with van der Waals surface area (Å²) in [4.78, 5) is 28.5. The van der Waals surface area contributed by atoms with Gasteiger partial charge in [-0.15, -0.1) is 0 Å². The Kier molecular flexibility index (Phi) is 5.66. The molecule has 2 amide bonds. The molecule has 1 saturated heterocycles. The van der Waals surface area contributed by atoms with Crippen molar-refractivity contribution in [2.24, 2.45) is 0 Å². The fourth-order valence-corrected chi connectivity index (χ4v) is 3.14. The minimum absolute atomic E-state index is 0.0659. The SMILES string of the molecule is CCCNC(=O)CN1CCN(C(=O)c2ccc3ccccc3c2)CC1. The van der Waals surface area contributed by atoms with Crippen LogP contribution in [0.3, 0.4) is 0 Å². The van der Waals surface area contributed by atoms with E-state index in [1.807, 2.05) is 54.3 Å². The van der Waals surface area contributed by atoms with Gasteiger partial charge in [0.2, 0.25) is 5.91 Å². The molecule has 5 nitrogen and oxygen atoms in total. The number of nitrogens with one attached hydrogen (secondary N) is 1. The second-order valence-electron chi connectivity index (χ2n) is 6.48. The van der Waals surface area contributed by atoms with Gasteiger partial charge >= 0.3 is 0 Å². The molecule has 2 aromatic rings. The Hall–Kier alpha value is -2.40. The van der Waals surface area contributed by atoms with Gasteiger partial charge in [0.15, 0.2) is 0 Å². The van der Waals surface area contributed by atoms with E-state index in [1.165, 1.54) is 0 Å². The van der Waals surface area contributed by atoms with Gasteiger partial charge in [0.05, 0.1) is 6.54 Å². The van der Waals surface area contributed by atoms with E-state index < -0.39 is 0 Å². The highest BCUT2D eigenvalue weighted by Crippen LogP contribution is 2.17. The van der Waals surface area contributed by atoms with Crippen molar-refractivity contribution < 1.29 is 9.59 Å². The maximum absolute atomic E-state index is 12.7. The Labute approximate surface area is 148 Å². The summed E-state index contributed by atoms with van der Waals surface area (Å²) in [7, 11) is 0. The molecule has 2 aromatic carbocycles. The van der Waals surface area contributed by atoms with Crippen LogP contribution in [0.4, 0.5) is 0 Å². The lowest BCUT2D eigenvalue weighted by atomic mass is 10.1. The van der Waals surface area contributed by atoms with Crippen LogP contribution in [0.1, 0.15) is 23.7 Å². The third kappa shape index (κ3) is 4.37. The first-order chi connectivity index (χ1) is 12.2. The summed E-state index contributed by atoms with van der Waals surface area (Å²) in [5.74, 6) is 0.136. The summed E-state index contributed by atoms with van der Waals surface area (Å²) in [6.45, 7) is 5.96. The van der Waals surface area contributed by atoms with Crippen LogP contribution in [0.2, 0.25) is 0 Å². The first-order valence-corrected chi connectivity index (χ1v) is 8.94. The normalized spacial score (nSPS) is 15.3. The van der Waals surface area contributed by atoms with E-state index in [2.05, 4.69) is 10.2 Å². The zero-order valence-corrected chi connectivity index (χ0v) is 14.7. The maximum Gasteiger partial charge on any atom is 0.253 e. The van der Waals surface area contributed by atoms with Crippen LogP contribution in [0.25, 0.3) is 10.8 Å². The van der Waals surface area contributed by atoms with Gasteiger partial charge in [-0.3, -0.25) is 14.5 Å². The van der Waals surface area contributed by atoms with Gasteiger partial charge in [0.1, 0.15) is 0 Å². The topological polar surface area (TPSA) is 52.7 Å². The molecular formula is C20H25N3O2. The Bertz CT molecular complexity index is 751. The lowest BCUT2D eigenvalue weighted by molar-refractivity contribution is -0.122. The summed E-state index contributed by atoms with van der Waals surface area (Å²) in [5, 5.41) is 5.12. The summed E-state index contributed by atoms with van der Waals surface area (Å²) >= 11 is 0. The molecule has 0 atom stereocenters. The predicted octanol–water partition coefficient (Wildman–Crippen LogP) is 2.12. The number of nitrogens with zero attached hydrogens (tertiary/aromatic N) is 2. The third-order valence-corrected chi connectivity index (χ3v) is 4.60. The van der Waals surface area contributed by atoms with Crippen molar-refractivity contribution in [1.82, 2.24) is 15.1 Å². The van der Waals surface area contributed by atoms with Gasteiger partial charge in [0, 0.05) is 38.3 Å². The highest BCUT2D eigenvalue weighted by atomic mass is 16.2. The highest BCUT2D eigenvalue weighted by molar-refractivity contribution is 5.98. The molecule has 1 aliphatic rings. The standard InChI is InChI=1S/C20H25N3O2/c1-2-9-21-19(24)15-22-10-12-23(13-11-22)20(25)18-8-7-16-5-3-4-6-17(16)14-18/h3-8,14H,2,9-13,15H2,1H3,(H,21,24). The number of hydrogen-bond acceptors (Lipinski definition) is 3. The number of amides is 2. The second kappa shape index (κ2) is 8.12. The van der Waals surface area contributed by atoms with Gasteiger partial charge in [-0.05, 0) is 29.3 Å². The van der Waals surface area contributed by atoms with E-state index >= 15 is 0 Å². The number of benzene rings is 2. The van der Waals surface area contributed by atoms with Crippen molar-refractivity contribution in [3.8, 4) is 0 Å². The van der Waals surface area contributed by atoms with Crippen LogP contribution in [0.5, 0.6) is 0 Å². The predicted molar refractivity (Wildman–Crippen MR) is 99.6 cm³/mol. The minimum atomic E-state index is 0.0659. The molecule has 0 bridgehead atoms. The fourth-order valence-electron chi connectivity index (χ4n) is 3.14. The van der Waals surface area contributed by atoms with Crippen molar-refractivity contribution in [1.29, 1.82) is 0 Å². The molecule has 0 spiro atoms. The zero-order valence-electron chi connectivity index (χ0n) is 14.7. The van der Waals surface area contributed by atoms with Gasteiger partial charge in [-0.2, -0.15) is 0 Å². The van der Waals surface area contributed by atoms with Crippen LogP contribution >= 0.6 is 0 Å². The smallest absolute Gasteiger partial charge is 0.253 e. The molecule has 0 aromatic heterocycles. The number of rotatable bonds is 5. The molecule has 132 valence electrons. The van der Waals surface area contributed by atoms with E-state index in [-0.39, 0.29) is 11.8 Å². The molecule has 1 fully saturated rings. The average molecular weight is 339 g/mol. The Balaban J connectivity index is 1.56. The Morgan fingerprint density at radius 1 is 1.00 bits per heavy atom. The number of carbonyl (C=O) groups excluding carboxylic acids is 2. The van der Waals surface area contributed by atoms with Crippen LogP contribution in [0.15, 0.2) is 42.5 Å². The molecule has 0 radical (unpaired) electrons. The molecule has 0 aliphatic carbocycles. The molecule has 0 unspecified atom stereocenters. The summed E-state index contributed by atoms with van der Waals surface area (Å²) in [6.07, 6.45) is 0.944. The molecule has 25 heavy (non-hydrogen) atoms. The number of hydrogen-bond donors (Lipinski definition) is 1. The van der Waals surface area contributed by atoms with E-state index in [1.54, 1.807) is 0 Å². The van der Waals surface area contributed by atoms with Crippen molar-refractivity contribution in [2.75, 3.05) is 39.3 Å². The summed E-state index contributed by atoms with van der Waals surface area (Å²) < 4.78 is 0. The van der Waals surface area contributed by atoms with Crippen LogP contribution in [-0.4, -0.2) is 60.9 Å². The number of carbonyl (C=O) groups is 2. The van der Waals surface area contributed by atoms with E-state index in [0.717, 1.165) is 42.4 Å². The number of fused-ring (bicyclic) bond motifs is 1. The van der Waals surface area contributed by atoms with Crippen molar-refractivity contribution in [2.45, 2.75) is 13.3 Å². The molecule has 1 aliphatic heterocycles. The van der Waals surface area contributed by atoms with Gasteiger partial charge in [-0.1, -0.05) is 37.3 Å². The third-order valence-electron chi connectivity index (χ3n) is 4.60. The monoisotopic (exact) mass is 339 g/mol. The highest BCUT2D eigenvalue weighted by Gasteiger charge is 2.23. The fraction of sp³-hybridized carbons (Fsp3) is 0.400. The zero-order chi connectivity index (χ0) is 17.6. The van der Waals surface area contributed by atoms with Gasteiger partial charge in [-0.25, -0.2) is 0 Å². The average Bonchev–Trinajstić information content (AvgIpc) is 2.66. The second-order valence-corrected chi connectivity index (χ2v) is 6.48. The van der Waals surface area contributed by atoms with Crippen molar-refractivity contribution in [3.05, 3.63) is 48.0 Å². The quantitative estimate of drug-likeness (QED) is 0.908. The van der Waals surface area contributed by atoms with E-state index in [0.29, 0.717) is 19.6 Å². The van der Waals surface area contributed by atoms with Crippen LogP contribution in [-0.2, 0) is 4.79 Å². The Morgan fingerprint density at radius 3 is 2.44 bits per heavy atom. The molecule has 1 N–H and O–H groups in total. The van der Waals surface area contributed by atoms with E-state index in [4.69, 9.17) is 0 Å². The van der Waals surface area contributed by atoms with Crippen LogP contribution < -0.4 is 5.32 Å². The van der Waals surface area contributed by atoms with Crippen molar-refractivity contribution in [3.63, 3.8) is 0 Å². The molecule has 3 rings (SSSR count). The number of piperazine rings is 1. The van der Waals surface area contributed by atoms with Crippen molar-refractivity contribution >= 4 is 22.6 Å². The summed E-state index contributed by atoms with van der Waals surface area (Å²) in [5.41, 5.74) is 0.729. The molecular weight excluding hydrogens is 314 g/mol. The molecule has 1 heterocycles.